The van der Waals surface area contributed by atoms with Crippen molar-refractivity contribution < 1.29 is 9.47 Å². The summed E-state index contributed by atoms with van der Waals surface area (Å²) in [6.45, 7) is 3.86. The second-order valence-corrected chi connectivity index (χ2v) is 9.42. The number of nitrogens with two attached hydrogens (primary N) is 2. The molecule has 1 fully saturated rings. The molecule has 0 aromatic heterocycles. The summed E-state index contributed by atoms with van der Waals surface area (Å²) < 4.78 is 12.4. The number of rotatable bonds is 8. The molecule has 0 amide bonds. The smallest absolute Gasteiger partial charge is 0.163 e. The lowest BCUT2D eigenvalue weighted by Gasteiger charge is -2.27. The number of hydrogen-bond acceptors (Lipinski definition) is 6. The Balaban J connectivity index is 1.69. The highest BCUT2D eigenvalue weighted by molar-refractivity contribution is 5.47. The molecule has 1 aliphatic heterocycles. The molecule has 2 aromatic carbocycles. The minimum Gasteiger partial charge on any atom is -0.378 e. The Labute approximate surface area is 187 Å². The summed E-state index contributed by atoms with van der Waals surface area (Å²) in [7, 11) is 8.14. The largest absolute Gasteiger partial charge is 0.378 e. The fourth-order valence-corrected chi connectivity index (χ4v) is 4.12. The molecule has 1 aliphatic rings. The average molecular weight is 427 g/mol. The SMILES string of the molecule is CN(C)c1ccc(C[C@@H](N)[C@@H]2OC(C)(C)O[C@H]2[C@H](N)Cc2ccc(N(C)C)cc2)cc1. The summed E-state index contributed by atoms with van der Waals surface area (Å²) in [6.07, 6.45) is 0.885. The van der Waals surface area contributed by atoms with Crippen molar-refractivity contribution in [3.8, 4) is 0 Å². The van der Waals surface area contributed by atoms with Crippen LogP contribution in [0.2, 0.25) is 0 Å². The summed E-state index contributed by atoms with van der Waals surface area (Å²) in [5, 5.41) is 0. The molecular weight excluding hydrogens is 388 g/mol. The molecule has 4 N–H and O–H groups in total. The van der Waals surface area contributed by atoms with Gasteiger partial charge in [0.1, 0.15) is 12.2 Å². The van der Waals surface area contributed by atoms with Crippen LogP contribution in [0.4, 0.5) is 11.4 Å². The Morgan fingerprint density at radius 2 is 1.03 bits per heavy atom. The van der Waals surface area contributed by atoms with E-state index >= 15 is 0 Å². The summed E-state index contributed by atoms with van der Waals surface area (Å²) in [5.41, 5.74) is 17.9. The lowest BCUT2D eigenvalue weighted by molar-refractivity contribution is -0.149. The predicted molar refractivity (Wildman–Crippen MR) is 129 cm³/mol. The Morgan fingerprint density at radius 1 is 0.710 bits per heavy atom. The molecule has 0 radical (unpaired) electrons. The number of benzene rings is 2. The van der Waals surface area contributed by atoms with E-state index in [1.165, 1.54) is 22.5 Å². The van der Waals surface area contributed by atoms with E-state index in [0.717, 1.165) is 0 Å². The van der Waals surface area contributed by atoms with Gasteiger partial charge in [0.15, 0.2) is 5.79 Å². The van der Waals surface area contributed by atoms with Crippen LogP contribution in [0.5, 0.6) is 0 Å². The van der Waals surface area contributed by atoms with E-state index in [9.17, 15) is 0 Å². The van der Waals surface area contributed by atoms with Gasteiger partial charge >= 0.3 is 0 Å². The van der Waals surface area contributed by atoms with Crippen LogP contribution >= 0.6 is 0 Å². The van der Waals surface area contributed by atoms with E-state index in [4.69, 9.17) is 20.9 Å². The van der Waals surface area contributed by atoms with E-state index in [-0.39, 0.29) is 24.3 Å². The Hall–Kier alpha value is -2.12. The van der Waals surface area contributed by atoms with E-state index in [1.54, 1.807) is 0 Å². The van der Waals surface area contributed by atoms with Crippen LogP contribution < -0.4 is 21.3 Å². The molecule has 0 spiro atoms. The van der Waals surface area contributed by atoms with Crippen LogP contribution in [0, 0.1) is 0 Å². The number of hydrogen-bond donors (Lipinski definition) is 2. The van der Waals surface area contributed by atoms with Gasteiger partial charge in [-0.1, -0.05) is 24.3 Å². The normalized spacial score (nSPS) is 22.2. The van der Waals surface area contributed by atoms with Crippen LogP contribution in [-0.2, 0) is 22.3 Å². The third-order valence-corrected chi connectivity index (χ3v) is 5.86. The lowest BCUT2D eigenvalue weighted by Crippen LogP contribution is -2.51. The summed E-state index contributed by atoms with van der Waals surface area (Å²) in [6, 6.07) is 16.5. The van der Waals surface area contributed by atoms with Crippen LogP contribution in [0.25, 0.3) is 0 Å². The molecule has 3 rings (SSSR count). The van der Waals surface area contributed by atoms with Gasteiger partial charge in [0.05, 0.1) is 0 Å². The van der Waals surface area contributed by atoms with Gasteiger partial charge in [-0.25, -0.2) is 0 Å². The van der Waals surface area contributed by atoms with E-state index in [0.29, 0.717) is 12.8 Å². The molecule has 2 aromatic rings. The molecule has 0 saturated carbocycles. The van der Waals surface area contributed by atoms with Crippen LogP contribution in [0.3, 0.4) is 0 Å². The Bertz CT molecular complexity index is 764. The molecule has 0 aliphatic carbocycles. The summed E-state index contributed by atoms with van der Waals surface area (Å²) in [5.74, 6) is -0.700. The molecule has 4 atom stereocenters. The van der Waals surface area contributed by atoms with Crippen molar-refractivity contribution in [3.05, 3.63) is 59.7 Å². The van der Waals surface area contributed by atoms with Gasteiger partial charge in [-0.3, -0.25) is 0 Å². The molecule has 1 heterocycles. The van der Waals surface area contributed by atoms with Crippen molar-refractivity contribution >= 4 is 11.4 Å². The topological polar surface area (TPSA) is 77.0 Å². The van der Waals surface area contributed by atoms with Gasteiger partial charge in [0.2, 0.25) is 0 Å². The summed E-state index contributed by atoms with van der Waals surface area (Å²) >= 11 is 0. The fourth-order valence-electron chi connectivity index (χ4n) is 4.12. The second-order valence-electron chi connectivity index (χ2n) is 9.42. The first-order valence-corrected chi connectivity index (χ1v) is 10.9. The first-order valence-electron chi connectivity index (χ1n) is 10.9. The fraction of sp³-hybridized carbons (Fsp3) is 0.520. The first-order chi connectivity index (χ1) is 14.6. The van der Waals surface area contributed by atoms with Gasteiger partial charge in [-0.15, -0.1) is 0 Å². The quantitative estimate of drug-likeness (QED) is 0.676. The second kappa shape index (κ2) is 9.57. The lowest BCUT2D eigenvalue weighted by atomic mass is 9.92. The van der Waals surface area contributed by atoms with Crippen molar-refractivity contribution in [2.45, 2.75) is 56.8 Å². The van der Waals surface area contributed by atoms with Gasteiger partial charge in [-0.05, 0) is 62.1 Å². The van der Waals surface area contributed by atoms with Gasteiger partial charge in [0.25, 0.3) is 0 Å². The number of anilines is 2. The molecule has 0 bridgehead atoms. The van der Waals surface area contributed by atoms with Crippen LogP contribution in [0.15, 0.2) is 48.5 Å². The van der Waals surface area contributed by atoms with E-state index in [1.807, 2.05) is 42.0 Å². The van der Waals surface area contributed by atoms with Gasteiger partial charge < -0.3 is 30.7 Å². The van der Waals surface area contributed by atoms with Crippen molar-refractivity contribution in [2.24, 2.45) is 11.5 Å². The molecule has 170 valence electrons. The summed E-state index contributed by atoms with van der Waals surface area (Å²) in [4.78, 5) is 4.17. The van der Waals surface area contributed by atoms with Crippen molar-refractivity contribution in [2.75, 3.05) is 38.0 Å². The standard InChI is InChI=1S/C25H38N4O2/c1-25(2)30-23(21(26)15-17-7-11-19(12-8-17)28(3)4)24(31-25)22(27)16-18-9-13-20(14-10-18)29(5)6/h7-14,21-24H,15-16,26-27H2,1-6H3/t21-,22-,23+,24+/m1/s1. The zero-order valence-electron chi connectivity index (χ0n) is 19.7. The monoisotopic (exact) mass is 426 g/mol. The molecule has 31 heavy (non-hydrogen) atoms. The van der Waals surface area contributed by atoms with Gasteiger partial charge in [0, 0.05) is 51.6 Å². The predicted octanol–water partition coefficient (Wildman–Crippen LogP) is 2.78. The van der Waals surface area contributed by atoms with E-state index in [2.05, 4.69) is 58.3 Å². The van der Waals surface area contributed by atoms with Crippen molar-refractivity contribution in [1.29, 1.82) is 0 Å². The Kier molecular flexibility index (Phi) is 7.27. The highest BCUT2D eigenvalue weighted by Crippen LogP contribution is 2.32. The molecule has 6 heteroatoms. The first kappa shape index (κ1) is 23.5. The molecule has 0 unspecified atom stereocenters. The molecular formula is C25H38N4O2. The highest BCUT2D eigenvalue weighted by atomic mass is 16.8. The minimum atomic E-state index is -0.700. The third-order valence-electron chi connectivity index (χ3n) is 5.86. The van der Waals surface area contributed by atoms with Crippen molar-refractivity contribution in [1.82, 2.24) is 0 Å². The maximum atomic E-state index is 6.63. The van der Waals surface area contributed by atoms with Crippen LogP contribution in [-0.4, -0.2) is 58.3 Å². The highest BCUT2D eigenvalue weighted by Gasteiger charge is 2.46. The maximum Gasteiger partial charge on any atom is 0.163 e. The molecule has 6 nitrogen and oxygen atoms in total. The minimum absolute atomic E-state index is 0.209. The van der Waals surface area contributed by atoms with E-state index < -0.39 is 5.79 Å². The molecule has 1 saturated heterocycles. The van der Waals surface area contributed by atoms with Gasteiger partial charge in [-0.2, -0.15) is 0 Å². The zero-order valence-corrected chi connectivity index (χ0v) is 19.7. The zero-order chi connectivity index (χ0) is 22.8. The Morgan fingerprint density at radius 3 is 1.32 bits per heavy atom. The number of ether oxygens (including phenoxy) is 2. The number of nitrogens with zero attached hydrogens (tertiary/aromatic N) is 2. The van der Waals surface area contributed by atoms with Crippen LogP contribution in [0.1, 0.15) is 25.0 Å². The average Bonchev–Trinajstić information content (AvgIpc) is 3.04. The maximum absolute atomic E-state index is 6.63. The third kappa shape index (κ3) is 5.98. The van der Waals surface area contributed by atoms with Crippen molar-refractivity contribution in [3.63, 3.8) is 0 Å².